The molecule has 0 aromatic carbocycles. The third-order valence-electron chi connectivity index (χ3n) is 3.61. The van der Waals surface area contributed by atoms with E-state index in [-0.39, 0.29) is 11.9 Å². The minimum atomic E-state index is -0.458. The van der Waals surface area contributed by atoms with Crippen molar-refractivity contribution in [2.75, 3.05) is 18.4 Å². The maximum atomic E-state index is 12.2. The molecule has 1 aliphatic rings. The second-order valence-electron chi connectivity index (χ2n) is 5.13. The zero-order chi connectivity index (χ0) is 14.8. The molecule has 6 nitrogen and oxygen atoms in total. The number of carbonyl (C=O) groups excluding carboxylic acids is 1. The summed E-state index contributed by atoms with van der Waals surface area (Å²) in [5.74, 6) is 0.237. The van der Waals surface area contributed by atoms with Gasteiger partial charge in [-0.1, -0.05) is 18.3 Å². The number of aliphatic hydroxyl groups excluding tert-OH is 1. The van der Waals surface area contributed by atoms with Gasteiger partial charge in [0.1, 0.15) is 5.01 Å². The first-order valence-corrected chi connectivity index (χ1v) is 8.49. The summed E-state index contributed by atoms with van der Waals surface area (Å²) in [5.41, 5.74) is 1.01. The molecule has 0 radical (unpaired) electrons. The van der Waals surface area contributed by atoms with Crippen LogP contribution in [-0.2, 0) is 0 Å². The molecule has 3 heterocycles. The summed E-state index contributed by atoms with van der Waals surface area (Å²) in [6.07, 6.45) is 0.352. The summed E-state index contributed by atoms with van der Waals surface area (Å²) in [6.45, 7) is 3.02. The number of nitrogens with one attached hydrogen (secondary N) is 1. The highest BCUT2D eigenvalue weighted by molar-refractivity contribution is 7.19. The first kappa shape index (κ1) is 14.4. The van der Waals surface area contributed by atoms with Crippen molar-refractivity contribution in [3.05, 3.63) is 16.8 Å². The Kier molecular flexibility index (Phi) is 4.18. The number of urea groups is 1. The van der Waals surface area contributed by atoms with Crippen LogP contribution in [0.15, 0.2) is 16.8 Å². The number of amides is 2. The van der Waals surface area contributed by atoms with Crippen molar-refractivity contribution in [1.29, 1.82) is 0 Å². The second-order valence-corrected chi connectivity index (χ2v) is 6.89. The molecule has 2 N–H and O–H groups in total. The van der Waals surface area contributed by atoms with Crippen LogP contribution in [-0.4, -0.2) is 45.4 Å². The number of likely N-dealkylation sites (tertiary alicyclic amines) is 1. The van der Waals surface area contributed by atoms with Crippen LogP contribution in [0.1, 0.15) is 13.3 Å². The van der Waals surface area contributed by atoms with Gasteiger partial charge in [-0.05, 0) is 23.8 Å². The number of aliphatic hydroxyl groups is 1. The van der Waals surface area contributed by atoms with Crippen molar-refractivity contribution in [2.24, 2.45) is 5.92 Å². The Hall–Kier alpha value is -1.51. The summed E-state index contributed by atoms with van der Waals surface area (Å²) in [6, 6.07) is 1.74. The van der Waals surface area contributed by atoms with Gasteiger partial charge in [0, 0.05) is 24.0 Å². The van der Waals surface area contributed by atoms with Crippen molar-refractivity contribution in [2.45, 2.75) is 19.4 Å². The number of hydrogen-bond acceptors (Lipinski definition) is 6. The lowest BCUT2D eigenvalue weighted by atomic mass is 9.96. The predicted molar refractivity (Wildman–Crippen MR) is 83.6 cm³/mol. The topological polar surface area (TPSA) is 78.4 Å². The van der Waals surface area contributed by atoms with E-state index < -0.39 is 6.10 Å². The molecule has 2 atom stereocenters. The van der Waals surface area contributed by atoms with Gasteiger partial charge in [-0.2, -0.15) is 11.3 Å². The number of hydrogen-bond donors (Lipinski definition) is 2. The molecule has 1 saturated heterocycles. The Labute approximate surface area is 130 Å². The second kappa shape index (κ2) is 6.08. The minimum absolute atomic E-state index is 0.228. The van der Waals surface area contributed by atoms with E-state index in [0.717, 1.165) is 17.0 Å². The molecule has 0 spiro atoms. The zero-order valence-electron chi connectivity index (χ0n) is 11.5. The molecule has 21 heavy (non-hydrogen) atoms. The van der Waals surface area contributed by atoms with Crippen LogP contribution >= 0.6 is 22.7 Å². The Bertz CT molecular complexity index is 613. The van der Waals surface area contributed by atoms with Gasteiger partial charge >= 0.3 is 6.03 Å². The van der Waals surface area contributed by atoms with Crippen molar-refractivity contribution < 1.29 is 9.90 Å². The summed E-state index contributed by atoms with van der Waals surface area (Å²) in [7, 11) is 0. The number of rotatable bonds is 2. The lowest BCUT2D eigenvalue weighted by molar-refractivity contribution is 0.0463. The Morgan fingerprint density at radius 2 is 2.38 bits per heavy atom. The van der Waals surface area contributed by atoms with Gasteiger partial charge in [0.15, 0.2) is 0 Å². The van der Waals surface area contributed by atoms with Crippen molar-refractivity contribution >= 4 is 33.8 Å². The fourth-order valence-corrected chi connectivity index (χ4v) is 3.63. The third-order valence-corrected chi connectivity index (χ3v) is 5.18. The molecule has 8 heteroatoms. The lowest BCUT2D eigenvalue weighted by Gasteiger charge is -2.33. The number of thiophene rings is 1. The monoisotopic (exact) mass is 324 g/mol. The highest BCUT2D eigenvalue weighted by Gasteiger charge is 2.27. The van der Waals surface area contributed by atoms with Gasteiger partial charge in [-0.15, -0.1) is 10.2 Å². The van der Waals surface area contributed by atoms with Crippen molar-refractivity contribution in [1.82, 2.24) is 15.1 Å². The summed E-state index contributed by atoms with van der Waals surface area (Å²) in [4.78, 5) is 13.8. The molecule has 2 aromatic heterocycles. The molecule has 2 aromatic rings. The molecule has 2 amide bonds. The molecule has 1 aliphatic heterocycles. The first-order chi connectivity index (χ1) is 10.1. The van der Waals surface area contributed by atoms with Gasteiger partial charge in [0.2, 0.25) is 5.13 Å². The van der Waals surface area contributed by atoms with E-state index in [1.165, 1.54) is 11.3 Å². The average Bonchev–Trinajstić information content (AvgIpc) is 3.12. The highest BCUT2D eigenvalue weighted by atomic mass is 32.1. The molecule has 2 unspecified atom stereocenters. The number of anilines is 1. The summed E-state index contributed by atoms with van der Waals surface area (Å²) >= 11 is 2.94. The largest absolute Gasteiger partial charge is 0.391 e. The van der Waals surface area contributed by atoms with Crippen LogP contribution in [0, 0.1) is 5.92 Å². The fraction of sp³-hybridized carbons (Fsp3) is 0.462. The maximum absolute atomic E-state index is 12.2. The summed E-state index contributed by atoms with van der Waals surface area (Å²) in [5, 5.41) is 25.9. The number of nitrogens with zero attached hydrogens (tertiary/aromatic N) is 3. The highest BCUT2D eigenvalue weighted by Crippen LogP contribution is 2.28. The van der Waals surface area contributed by atoms with E-state index in [2.05, 4.69) is 15.5 Å². The van der Waals surface area contributed by atoms with E-state index in [1.54, 1.807) is 16.2 Å². The fourth-order valence-electron chi connectivity index (χ4n) is 2.18. The van der Waals surface area contributed by atoms with Gasteiger partial charge < -0.3 is 10.0 Å². The first-order valence-electron chi connectivity index (χ1n) is 6.73. The summed E-state index contributed by atoms with van der Waals surface area (Å²) < 4.78 is 0. The normalized spacial score (nSPS) is 22.3. The van der Waals surface area contributed by atoms with Crippen LogP contribution in [0.4, 0.5) is 9.93 Å². The molecular formula is C13H16N4O2S2. The average molecular weight is 324 g/mol. The van der Waals surface area contributed by atoms with Crippen molar-refractivity contribution in [3.8, 4) is 10.6 Å². The predicted octanol–water partition coefficient (Wildman–Crippen LogP) is 2.50. The quantitative estimate of drug-likeness (QED) is 0.889. The smallest absolute Gasteiger partial charge is 0.323 e. The molecule has 0 aliphatic carbocycles. The van der Waals surface area contributed by atoms with E-state index in [9.17, 15) is 9.90 Å². The zero-order valence-corrected chi connectivity index (χ0v) is 13.2. The SMILES string of the molecule is CC1CCN(C(=O)Nc2nnc(-c3ccsc3)s2)CC1O. The van der Waals surface area contributed by atoms with E-state index in [4.69, 9.17) is 0 Å². The number of aromatic nitrogens is 2. The third kappa shape index (κ3) is 3.22. The van der Waals surface area contributed by atoms with E-state index in [0.29, 0.717) is 18.2 Å². The molecular weight excluding hydrogens is 308 g/mol. The van der Waals surface area contributed by atoms with Crippen LogP contribution in [0.5, 0.6) is 0 Å². The molecule has 0 saturated carbocycles. The van der Waals surface area contributed by atoms with Gasteiger partial charge in [-0.25, -0.2) is 4.79 Å². The Morgan fingerprint density at radius 3 is 3.10 bits per heavy atom. The number of piperidine rings is 1. The Morgan fingerprint density at radius 1 is 1.52 bits per heavy atom. The van der Waals surface area contributed by atoms with Crippen LogP contribution in [0.25, 0.3) is 10.6 Å². The van der Waals surface area contributed by atoms with Crippen molar-refractivity contribution in [3.63, 3.8) is 0 Å². The van der Waals surface area contributed by atoms with Crippen LogP contribution < -0.4 is 5.32 Å². The molecule has 3 rings (SSSR count). The van der Waals surface area contributed by atoms with Crippen LogP contribution in [0.2, 0.25) is 0 Å². The number of β-amino-alcohol motifs (C(OH)–C–C–N with tert-alkyl or cyclic N) is 1. The molecule has 1 fully saturated rings. The standard InChI is InChI=1S/C13H16N4O2S2/c1-8-2-4-17(6-10(8)18)13(19)14-12-16-15-11(21-12)9-3-5-20-7-9/h3,5,7-8,10,18H,2,4,6H2,1H3,(H,14,16,19). The minimum Gasteiger partial charge on any atom is -0.391 e. The number of carbonyl (C=O) groups is 1. The van der Waals surface area contributed by atoms with Crippen LogP contribution in [0.3, 0.4) is 0 Å². The van der Waals surface area contributed by atoms with Gasteiger partial charge in [0.25, 0.3) is 0 Å². The van der Waals surface area contributed by atoms with E-state index in [1.807, 2.05) is 23.8 Å². The Balaban J connectivity index is 1.63. The molecule has 0 bridgehead atoms. The van der Waals surface area contributed by atoms with Gasteiger partial charge in [-0.3, -0.25) is 5.32 Å². The van der Waals surface area contributed by atoms with E-state index >= 15 is 0 Å². The maximum Gasteiger partial charge on any atom is 0.323 e. The lowest BCUT2D eigenvalue weighted by Crippen LogP contribution is -2.47. The molecule has 112 valence electrons. The van der Waals surface area contributed by atoms with Gasteiger partial charge in [0.05, 0.1) is 6.10 Å².